The van der Waals surface area contributed by atoms with Crippen molar-refractivity contribution >= 4 is 0 Å². The van der Waals surface area contributed by atoms with Crippen LogP contribution in [0, 0.1) is 0 Å². The van der Waals surface area contributed by atoms with Gasteiger partial charge in [-0.05, 0) is 29.3 Å². The highest BCUT2D eigenvalue weighted by molar-refractivity contribution is 5.52. The summed E-state index contributed by atoms with van der Waals surface area (Å²) in [7, 11) is 3.21. The highest BCUT2D eigenvalue weighted by Crippen LogP contribution is 2.44. The average molecular weight is 444 g/mol. The number of methoxy groups -OCH3 is 1. The lowest BCUT2D eigenvalue weighted by Gasteiger charge is -2.43. The SMILES string of the molecule is [2H]C([2H])([2H])[N+]1(C)CCc2ccc(OC)c(O)c2C1Cc1ccc(O)cc1.[I-]. The first-order valence-electron chi connectivity index (χ1n) is 9.19. The van der Waals surface area contributed by atoms with Gasteiger partial charge in [-0.15, -0.1) is 0 Å². The molecule has 2 aromatic rings. The maximum atomic E-state index is 10.8. The first-order valence-corrected chi connectivity index (χ1v) is 7.69. The summed E-state index contributed by atoms with van der Waals surface area (Å²) in [6.45, 7) is -1.77. The first-order chi connectivity index (χ1) is 12.2. The summed E-state index contributed by atoms with van der Waals surface area (Å²) in [6, 6.07) is 9.91. The van der Waals surface area contributed by atoms with Gasteiger partial charge in [0, 0.05) is 12.8 Å². The van der Waals surface area contributed by atoms with Gasteiger partial charge < -0.3 is 43.4 Å². The number of phenols is 2. The summed E-state index contributed by atoms with van der Waals surface area (Å²) in [6.07, 6.45) is 1.01. The summed E-state index contributed by atoms with van der Waals surface area (Å²) in [5.74, 6) is 0.524. The van der Waals surface area contributed by atoms with E-state index < -0.39 is 13.0 Å². The number of fused-ring (bicyclic) bond motifs is 1. The minimum atomic E-state index is -2.23. The fourth-order valence-corrected chi connectivity index (χ4v) is 3.34. The molecule has 1 heterocycles. The van der Waals surface area contributed by atoms with E-state index in [4.69, 9.17) is 8.85 Å². The predicted octanol–water partition coefficient (Wildman–Crippen LogP) is 0.0267. The van der Waals surface area contributed by atoms with Gasteiger partial charge in [-0.1, -0.05) is 18.2 Å². The molecule has 0 radical (unpaired) electrons. The number of likely N-dealkylation sites (N-methyl/N-ethyl adjacent to an activating group) is 1. The molecule has 24 heavy (non-hydrogen) atoms. The van der Waals surface area contributed by atoms with E-state index in [0.29, 0.717) is 30.7 Å². The van der Waals surface area contributed by atoms with Crippen LogP contribution >= 0.6 is 0 Å². The van der Waals surface area contributed by atoms with Crippen LogP contribution in [0.4, 0.5) is 0 Å². The highest BCUT2D eigenvalue weighted by atomic mass is 127. The molecule has 0 bridgehead atoms. The van der Waals surface area contributed by atoms with E-state index in [1.54, 1.807) is 37.4 Å². The molecule has 2 unspecified atom stereocenters. The largest absolute Gasteiger partial charge is 1.00 e. The van der Waals surface area contributed by atoms with E-state index >= 15 is 0 Å². The molecule has 2 N–H and O–H groups in total. The molecule has 1 aliphatic heterocycles. The Morgan fingerprint density at radius 1 is 1.21 bits per heavy atom. The molecule has 0 amide bonds. The number of quaternary nitrogens is 1. The van der Waals surface area contributed by atoms with Crippen molar-refractivity contribution in [2.24, 2.45) is 0 Å². The van der Waals surface area contributed by atoms with Gasteiger partial charge in [0.25, 0.3) is 0 Å². The van der Waals surface area contributed by atoms with Crippen molar-refractivity contribution < 1.29 is 47.5 Å². The molecule has 1 aliphatic rings. The molecule has 0 spiro atoms. The summed E-state index contributed by atoms with van der Waals surface area (Å²) < 4.78 is 29.4. The molecular weight excluding hydrogens is 417 g/mol. The van der Waals surface area contributed by atoms with Crippen LogP contribution in [0.15, 0.2) is 36.4 Å². The van der Waals surface area contributed by atoms with Crippen LogP contribution in [0.25, 0.3) is 0 Å². The predicted molar refractivity (Wildman–Crippen MR) is 89.9 cm³/mol. The molecule has 130 valence electrons. The van der Waals surface area contributed by atoms with Crippen molar-refractivity contribution in [3.8, 4) is 17.2 Å². The molecule has 2 aromatic carbocycles. The fourth-order valence-electron chi connectivity index (χ4n) is 3.34. The van der Waals surface area contributed by atoms with Crippen LogP contribution < -0.4 is 28.7 Å². The lowest BCUT2D eigenvalue weighted by molar-refractivity contribution is -0.923. The van der Waals surface area contributed by atoms with Crippen molar-refractivity contribution in [2.45, 2.75) is 18.9 Å². The van der Waals surface area contributed by atoms with Crippen molar-refractivity contribution in [1.29, 1.82) is 0 Å². The Balaban J connectivity index is 0.00000261. The van der Waals surface area contributed by atoms with E-state index in [1.165, 1.54) is 7.11 Å². The van der Waals surface area contributed by atoms with Gasteiger partial charge in [0.1, 0.15) is 11.8 Å². The molecule has 2 atom stereocenters. The average Bonchev–Trinajstić information content (AvgIpc) is 2.58. The second kappa shape index (κ2) is 7.19. The Hall–Kier alpha value is -1.47. The number of benzene rings is 2. The molecule has 5 heteroatoms. The van der Waals surface area contributed by atoms with Crippen LogP contribution in [0.2, 0.25) is 0 Å². The molecule has 3 rings (SSSR count). The number of rotatable bonds is 3. The Morgan fingerprint density at radius 3 is 2.54 bits per heavy atom. The fraction of sp³-hybridized carbons (Fsp3) is 0.368. The van der Waals surface area contributed by atoms with Gasteiger partial charge in [0.15, 0.2) is 11.5 Å². The Kier molecular flexibility index (Phi) is 4.44. The standard InChI is InChI=1S/C19H23NO3.HI/c1-20(2)11-10-14-6-9-17(23-3)19(22)18(14)16(20)12-13-4-7-15(21)8-5-13;/h4-9,16H,10-12H2,1-3H3,(H-,21,22);1H/i1D3;. The maximum absolute atomic E-state index is 10.8. The molecule has 4 nitrogen and oxygen atoms in total. The Bertz CT molecular complexity index is 811. The lowest BCUT2D eigenvalue weighted by atomic mass is 9.86. The summed E-state index contributed by atoms with van der Waals surface area (Å²) >= 11 is 0. The van der Waals surface area contributed by atoms with Crippen LogP contribution in [0.5, 0.6) is 17.2 Å². The van der Waals surface area contributed by atoms with Gasteiger partial charge >= 0.3 is 0 Å². The van der Waals surface area contributed by atoms with Crippen LogP contribution in [-0.4, -0.2) is 42.4 Å². The van der Waals surface area contributed by atoms with Crippen molar-refractivity contribution in [2.75, 3.05) is 27.7 Å². The monoisotopic (exact) mass is 444 g/mol. The zero-order chi connectivity index (χ0) is 19.1. The molecule has 0 saturated carbocycles. The van der Waals surface area contributed by atoms with Crippen molar-refractivity contribution in [3.63, 3.8) is 0 Å². The van der Waals surface area contributed by atoms with Gasteiger partial charge in [0.2, 0.25) is 0 Å². The normalized spacial score (nSPS) is 24.8. The lowest BCUT2D eigenvalue weighted by Crippen LogP contribution is -3.00. The van der Waals surface area contributed by atoms with Gasteiger partial charge in [-0.3, -0.25) is 0 Å². The molecule has 0 aromatic heterocycles. The minimum Gasteiger partial charge on any atom is -1.00 e. The number of halogens is 1. The first kappa shape index (κ1) is 14.8. The molecule has 0 saturated heterocycles. The third-order valence-electron chi connectivity index (χ3n) is 4.72. The molecule has 0 fully saturated rings. The smallest absolute Gasteiger partial charge is 0.167 e. The number of aromatic hydroxyl groups is 2. The minimum absolute atomic E-state index is 0. The van der Waals surface area contributed by atoms with Crippen molar-refractivity contribution in [1.82, 2.24) is 0 Å². The third kappa shape index (κ3) is 3.47. The number of phenolic OH excluding ortho intramolecular Hbond substituents is 2. The van der Waals surface area contributed by atoms with E-state index in [9.17, 15) is 10.2 Å². The molecular formula is C19H24INO3. The summed E-state index contributed by atoms with van der Waals surface area (Å²) in [4.78, 5) is 0. The second-order valence-electron chi connectivity index (χ2n) is 6.32. The van der Waals surface area contributed by atoms with E-state index in [0.717, 1.165) is 11.1 Å². The number of nitrogens with zero attached hydrogens (tertiary/aromatic N) is 1. The van der Waals surface area contributed by atoms with E-state index in [2.05, 4.69) is 0 Å². The van der Waals surface area contributed by atoms with E-state index in [-0.39, 0.29) is 40.0 Å². The van der Waals surface area contributed by atoms with Crippen LogP contribution in [0.1, 0.15) is 26.8 Å². The Morgan fingerprint density at radius 2 is 1.92 bits per heavy atom. The number of ether oxygens (including phenoxy) is 1. The number of hydrogen-bond donors (Lipinski definition) is 2. The quantitative estimate of drug-likeness (QED) is 0.519. The third-order valence-corrected chi connectivity index (χ3v) is 4.72. The van der Waals surface area contributed by atoms with Gasteiger partial charge in [0.05, 0.1) is 37.4 Å². The maximum Gasteiger partial charge on any atom is 0.167 e. The highest BCUT2D eigenvalue weighted by Gasteiger charge is 2.38. The van der Waals surface area contributed by atoms with Gasteiger partial charge in [-0.2, -0.15) is 0 Å². The van der Waals surface area contributed by atoms with Crippen molar-refractivity contribution in [3.05, 3.63) is 53.1 Å². The summed E-state index contributed by atoms with van der Waals surface area (Å²) in [5.41, 5.74) is 2.49. The Labute approximate surface area is 164 Å². The summed E-state index contributed by atoms with van der Waals surface area (Å²) in [5, 5.41) is 20.3. The molecule has 0 aliphatic carbocycles. The second-order valence-corrected chi connectivity index (χ2v) is 6.32. The van der Waals surface area contributed by atoms with Crippen LogP contribution in [0.3, 0.4) is 0 Å². The van der Waals surface area contributed by atoms with Crippen LogP contribution in [-0.2, 0) is 12.8 Å². The van der Waals surface area contributed by atoms with Gasteiger partial charge in [-0.25, -0.2) is 0 Å². The van der Waals surface area contributed by atoms with E-state index in [1.807, 2.05) is 6.07 Å². The topological polar surface area (TPSA) is 49.7 Å². The zero-order valence-electron chi connectivity index (χ0n) is 16.8. The zero-order valence-corrected chi connectivity index (χ0v) is 15.9. The number of hydrogen-bond acceptors (Lipinski definition) is 3.